The van der Waals surface area contributed by atoms with Crippen molar-refractivity contribution in [1.82, 2.24) is 14.8 Å². The molecule has 0 atom stereocenters. The Morgan fingerprint density at radius 2 is 2.00 bits per heavy atom. The van der Waals surface area contributed by atoms with Crippen molar-refractivity contribution in [2.24, 2.45) is 13.0 Å². The van der Waals surface area contributed by atoms with Crippen LogP contribution in [-0.2, 0) is 23.7 Å². The van der Waals surface area contributed by atoms with Crippen molar-refractivity contribution in [2.75, 3.05) is 0 Å². The van der Waals surface area contributed by atoms with E-state index in [0.29, 0.717) is 18.2 Å². The molecule has 5 nitrogen and oxygen atoms in total. The maximum atomic E-state index is 12.6. The fourth-order valence-electron chi connectivity index (χ4n) is 1.10. The largest absolute Gasteiger partial charge is 0.368 e. The Balaban J connectivity index is 3.09. The molecule has 0 aliphatic rings. The third-order valence-corrected chi connectivity index (χ3v) is 2.53. The van der Waals surface area contributed by atoms with Crippen molar-refractivity contribution < 1.29 is 12.3 Å². The van der Waals surface area contributed by atoms with Gasteiger partial charge in [-0.2, -0.15) is 8.42 Å². The van der Waals surface area contributed by atoms with Gasteiger partial charge in [0.05, 0.1) is 0 Å². The average molecular weight is 221 g/mol. The molecule has 1 rings (SSSR count). The molecule has 0 saturated carbocycles. The normalized spacial score (nSPS) is 12.4. The van der Waals surface area contributed by atoms with Gasteiger partial charge < -0.3 is 4.57 Å². The van der Waals surface area contributed by atoms with Gasteiger partial charge in [0.2, 0.25) is 0 Å². The van der Waals surface area contributed by atoms with Crippen LogP contribution in [0, 0.1) is 5.92 Å². The van der Waals surface area contributed by atoms with Crippen LogP contribution in [0.1, 0.15) is 19.7 Å². The highest BCUT2D eigenvalue weighted by Crippen LogP contribution is 2.12. The summed E-state index contributed by atoms with van der Waals surface area (Å²) < 4.78 is 34.9. The number of nitrogens with zero attached hydrogens (tertiary/aromatic N) is 3. The number of hydrogen-bond acceptors (Lipinski definition) is 4. The van der Waals surface area contributed by atoms with Gasteiger partial charge in [-0.1, -0.05) is 17.7 Å². The lowest BCUT2D eigenvalue weighted by Gasteiger charge is -2.03. The summed E-state index contributed by atoms with van der Waals surface area (Å²) in [7, 11) is -3.32. The standard InChI is InChI=1S/C7H12FN3O2S/c1-5(2)4-6-9-10-7(11(6)3)14(8,12)13/h5H,4H2,1-3H3. The molecule has 0 amide bonds. The fraction of sp³-hybridized carbons (Fsp3) is 0.714. The molecule has 0 bridgehead atoms. The molecule has 0 spiro atoms. The first-order valence-electron chi connectivity index (χ1n) is 4.15. The van der Waals surface area contributed by atoms with Crippen LogP contribution in [0.25, 0.3) is 0 Å². The number of rotatable bonds is 3. The first kappa shape index (κ1) is 11.1. The summed E-state index contributed by atoms with van der Waals surface area (Å²) in [5.74, 6) is 0.782. The monoisotopic (exact) mass is 221 g/mol. The van der Waals surface area contributed by atoms with E-state index in [4.69, 9.17) is 0 Å². The van der Waals surface area contributed by atoms with Gasteiger partial charge in [0, 0.05) is 13.5 Å². The zero-order valence-corrected chi connectivity index (χ0v) is 9.05. The van der Waals surface area contributed by atoms with Gasteiger partial charge in [0.1, 0.15) is 5.82 Å². The zero-order valence-electron chi connectivity index (χ0n) is 8.23. The van der Waals surface area contributed by atoms with Crippen molar-refractivity contribution in [3.63, 3.8) is 0 Å². The lowest BCUT2D eigenvalue weighted by Crippen LogP contribution is -2.07. The van der Waals surface area contributed by atoms with E-state index in [1.807, 2.05) is 13.8 Å². The van der Waals surface area contributed by atoms with Crippen LogP contribution in [0.5, 0.6) is 0 Å². The Bertz CT molecular complexity index is 424. The quantitative estimate of drug-likeness (QED) is 0.704. The molecule has 0 saturated heterocycles. The lowest BCUT2D eigenvalue weighted by molar-refractivity contribution is 0.528. The van der Waals surface area contributed by atoms with Crippen LogP contribution in [-0.4, -0.2) is 23.2 Å². The SMILES string of the molecule is CC(C)Cc1nnc(S(=O)(=O)F)n1C. The van der Waals surface area contributed by atoms with Crippen LogP contribution in [0.15, 0.2) is 5.16 Å². The van der Waals surface area contributed by atoms with Crippen molar-refractivity contribution >= 4 is 10.2 Å². The van der Waals surface area contributed by atoms with E-state index in [1.54, 1.807) is 0 Å². The second-order valence-electron chi connectivity index (χ2n) is 3.49. The van der Waals surface area contributed by atoms with Crippen LogP contribution in [0.2, 0.25) is 0 Å². The Morgan fingerprint density at radius 1 is 1.43 bits per heavy atom. The molecule has 1 aromatic heterocycles. The highest BCUT2D eigenvalue weighted by atomic mass is 32.3. The van der Waals surface area contributed by atoms with E-state index >= 15 is 0 Å². The average Bonchev–Trinajstić information content (AvgIpc) is 2.30. The van der Waals surface area contributed by atoms with Gasteiger partial charge in [0.15, 0.2) is 0 Å². The van der Waals surface area contributed by atoms with E-state index in [1.165, 1.54) is 7.05 Å². The maximum absolute atomic E-state index is 12.6. The summed E-state index contributed by atoms with van der Waals surface area (Å²) >= 11 is 0. The van der Waals surface area contributed by atoms with Crippen molar-refractivity contribution in [1.29, 1.82) is 0 Å². The van der Waals surface area contributed by atoms with Crippen LogP contribution in [0.3, 0.4) is 0 Å². The van der Waals surface area contributed by atoms with Gasteiger partial charge in [-0.15, -0.1) is 10.2 Å². The van der Waals surface area contributed by atoms with E-state index in [-0.39, 0.29) is 0 Å². The molecule has 14 heavy (non-hydrogen) atoms. The Labute approximate surface area is 82.2 Å². The molecule has 0 aliphatic heterocycles. The Morgan fingerprint density at radius 3 is 2.36 bits per heavy atom. The summed E-state index contributed by atoms with van der Waals surface area (Å²) in [6.07, 6.45) is 0.568. The molecule has 0 aromatic carbocycles. The topological polar surface area (TPSA) is 64.8 Å². The van der Waals surface area contributed by atoms with Gasteiger partial charge >= 0.3 is 10.2 Å². The molecule has 1 aromatic rings. The van der Waals surface area contributed by atoms with Gasteiger partial charge in [-0.3, -0.25) is 0 Å². The molecule has 0 unspecified atom stereocenters. The predicted molar refractivity (Wildman–Crippen MR) is 47.8 cm³/mol. The second-order valence-corrected chi connectivity index (χ2v) is 4.73. The molecule has 80 valence electrons. The molecule has 0 N–H and O–H groups in total. The first-order valence-corrected chi connectivity index (χ1v) is 5.53. The van der Waals surface area contributed by atoms with Gasteiger partial charge in [0.25, 0.3) is 5.16 Å². The van der Waals surface area contributed by atoms with Crippen LogP contribution >= 0.6 is 0 Å². The molecular formula is C7H12FN3O2S. The summed E-state index contributed by atoms with van der Waals surface area (Å²) in [5, 5.41) is 6.27. The number of hydrogen-bond donors (Lipinski definition) is 0. The van der Waals surface area contributed by atoms with E-state index in [2.05, 4.69) is 10.2 Å². The van der Waals surface area contributed by atoms with Gasteiger partial charge in [-0.25, -0.2) is 0 Å². The first-order chi connectivity index (χ1) is 6.32. The van der Waals surface area contributed by atoms with Crippen LogP contribution in [0.4, 0.5) is 3.89 Å². The van der Waals surface area contributed by atoms with Crippen molar-refractivity contribution in [2.45, 2.75) is 25.4 Å². The third-order valence-electron chi connectivity index (χ3n) is 1.73. The minimum absolute atomic E-state index is 0.313. The molecule has 7 heteroatoms. The number of aromatic nitrogens is 3. The zero-order chi connectivity index (χ0) is 10.9. The maximum Gasteiger partial charge on any atom is 0.368 e. The smallest absolute Gasteiger partial charge is 0.303 e. The summed E-state index contributed by atoms with van der Waals surface area (Å²) in [4.78, 5) is 0. The Kier molecular flexibility index (Phi) is 2.89. The summed E-state index contributed by atoms with van der Waals surface area (Å²) in [6, 6.07) is 0. The minimum Gasteiger partial charge on any atom is -0.303 e. The van der Waals surface area contributed by atoms with Crippen molar-refractivity contribution in [3.05, 3.63) is 5.82 Å². The molecular weight excluding hydrogens is 209 g/mol. The minimum atomic E-state index is -4.76. The Hall–Kier alpha value is -0.980. The highest BCUT2D eigenvalue weighted by Gasteiger charge is 2.21. The van der Waals surface area contributed by atoms with Gasteiger partial charge in [-0.05, 0) is 5.92 Å². The van der Waals surface area contributed by atoms with Crippen molar-refractivity contribution in [3.8, 4) is 0 Å². The highest BCUT2D eigenvalue weighted by molar-refractivity contribution is 7.86. The third kappa shape index (κ3) is 2.28. The van der Waals surface area contributed by atoms with E-state index in [9.17, 15) is 12.3 Å². The predicted octanol–water partition coefficient (Wildman–Crippen LogP) is 0.672. The van der Waals surface area contributed by atoms with E-state index < -0.39 is 15.4 Å². The second kappa shape index (κ2) is 3.64. The fourth-order valence-corrected chi connectivity index (χ4v) is 1.67. The molecule has 0 fully saturated rings. The van der Waals surface area contributed by atoms with E-state index in [0.717, 1.165) is 4.57 Å². The molecule has 1 heterocycles. The molecule has 0 radical (unpaired) electrons. The summed E-state index contributed by atoms with van der Waals surface area (Å²) in [6.45, 7) is 3.91. The lowest BCUT2D eigenvalue weighted by atomic mass is 10.1. The summed E-state index contributed by atoms with van der Waals surface area (Å²) in [5.41, 5.74) is 0. The molecule has 0 aliphatic carbocycles. The van der Waals surface area contributed by atoms with Crippen LogP contribution < -0.4 is 0 Å². The number of halogens is 1.